The van der Waals surface area contributed by atoms with E-state index in [1.165, 1.54) is 10.6 Å². The Bertz CT molecular complexity index is 1560. The predicted molar refractivity (Wildman–Crippen MR) is 142 cm³/mol. The van der Waals surface area contributed by atoms with Crippen molar-refractivity contribution < 1.29 is 13.2 Å². The molecule has 0 spiro atoms. The molecular weight excluding hydrogens is 476 g/mol. The first kappa shape index (κ1) is 23.8. The number of carbonyl (C=O) groups is 1. The lowest BCUT2D eigenvalue weighted by Gasteiger charge is -2.20. The number of rotatable bonds is 7. The summed E-state index contributed by atoms with van der Waals surface area (Å²) in [4.78, 5) is 24.8. The van der Waals surface area contributed by atoms with Crippen molar-refractivity contribution in [3.05, 3.63) is 77.7 Å². The molecule has 0 aliphatic carbocycles. The van der Waals surface area contributed by atoms with Crippen molar-refractivity contribution in [1.82, 2.24) is 15.0 Å². The lowest BCUT2D eigenvalue weighted by Crippen LogP contribution is -2.33. The third-order valence-corrected chi connectivity index (χ3v) is 7.58. The van der Waals surface area contributed by atoms with Crippen LogP contribution >= 0.6 is 0 Å². The van der Waals surface area contributed by atoms with Crippen LogP contribution in [0.3, 0.4) is 0 Å². The van der Waals surface area contributed by atoms with Crippen LogP contribution in [0.5, 0.6) is 0 Å². The topological polar surface area (TPSA) is 120 Å². The molecule has 3 N–H and O–H groups in total. The molecule has 1 aliphatic heterocycles. The predicted octanol–water partition coefficient (Wildman–Crippen LogP) is 3.81. The van der Waals surface area contributed by atoms with E-state index in [0.717, 1.165) is 27.7 Å². The van der Waals surface area contributed by atoms with Crippen LogP contribution < -0.4 is 14.9 Å². The number of hydrogen-bond donors (Lipinski definition) is 3. The molecule has 0 unspecified atom stereocenters. The highest BCUT2D eigenvalue weighted by molar-refractivity contribution is 7.92. The average molecular weight is 505 g/mol. The number of nitrogens with one attached hydrogen (secondary N) is 3. The van der Waals surface area contributed by atoms with E-state index in [9.17, 15) is 13.2 Å². The van der Waals surface area contributed by atoms with E-state index >= 15 is 0 Å². The van der Waals surface area contributed by atoms with Gasteiger partial charge in [0.1, 0.15) is 11.5 Å². The van der Waals surface area contributed by atoms with Gasteiger partial charge in [0.25, 0.3) is 0 Å². The van der Waals surface area contributed by atoms with Crippen molar-refractivity contribution in [2.75, 3.05) is 27.7 Å². The van der Waals surface area contributed by atoms with Gasteiger partial charge in [-0.05, 0) is 41.5 Å². The maximum Gasteiger partial charge on any atom is 0.232 e. The molecule has 0 bridgehead atoms. The maximum atomic E-state index is 12.9. The number of amides is 1. The Balaban J connectivity index is 1.31. The van der Waals surface area contributed by atoms with Crippen LogP contribution in [0.1, 0.15) is 30.5 Å². The Labute approximate surface area is 210 Å². The summed E-state index contributed by atoms with van der Waals surface area (Å²) in [6.45, 7) is 4.93. The summed E-state index contributed by atoms with van der Waals surface area (Å²) in [5, 5.41) is 7.28. The molecule has 0 saturated heterocycles. The molecule has 4 heterocycles. The second-order valence-corrected chi connectivity index (χ2v) is 11.6. The minimum Gasteiger partial charge on any atom is -0.366 e. The van der Waals surface area contributed by atoms with Gasteiger partial charge in [0.05, 0.1) is 18.4 Å². The minimum absolute atomic E-state index is 0.116. The number of anilines is 3. The largest absolute Gasteiger partial charge is 0.366 e. The number of aromatic amines is 1. The number of carbonyl (C=O) groups excluding carboxylic acids is 1. The van der Waals surface area contributed by atoms with Gasteiger partial charge >= 0.3 is 0 Å². The number of aromatic nitrogens is 3. The molecule has 0 radical (unpaired) electrons. The third-order valence-electron chi connectivity index (χ3n) is 6.46. The number of benzene rings is 1. The number of nitrogens with zero attached hydrogens (tertiary/aromatic N) is 3. The van der Waals surface area contributed by atoms with Gasteiger partial charge in [-0.3, -0.25) is 9.10 Å². The molecular formula is C26H28N6O3S. The van der Waals surface area contributed by atoms with Gasteiger partial charge in [-0.25, -0.2) is 18.4 Å². The molecule has 0 atom stereocenters. The molecule has 1 aliphatic rings. The fraction of sp³-hybridized carbons (Fsp3) is 0.269. The first-order chi connectivity index (χ1) is 17.1. The van der Waals surface area contributed by atoms with Crippen molar-refractivity contribution in [2.45, 2.75) is 32.2 Å². The number of H-pyrrole nitrogens is 1. The van der Waals surface area contributed by atoms with E-state index in [1.807, 2.05) is 50.4 Å². The fourth-order valence-corrected chi connectivity index (χ4v) is 5.75. The van der Waals surface area contributed by atoms with Crippen molar-refractivity contribution in [1.29, 1.82) is 0 Å². The number of sulfonamides is 1. The van der Waals surface area contributed by atoms with Crippen LogP contribution in [0.2, 0.25) is 0 Å². The zero-order chi connectivity index (χ0) is 25.5. The molecule has 186 valence electrons. The molecule has 1 aromatic carbocycles. The van der Waals surface area contributed by atoms with Gasteiger partial charge in [-0.1, -0.05) is 26.0 Å². The summed E-state index contributed by atoms with van der Waals surface area (Å²) in [5.41, 5.74) is 4.44. The Kier molecular flexibility index (Phi) is 5.91. The normalized spacial score (nSPS) is 14.6. The molecule has 5 rings (SSSR count). The molecule has 9 nitrogen and oxygen atoms in total. The van der Waals surface area contributed by atoms with Gasteiger partial charge in [-0.2, -0.15) is 0 Å². The van der Waals surface area contributed by atoms with Crippen LogP contribution in [0.15, 0.2) is 61.1 Å². The Morgan fingerprint density at radius 1 is 1.11 bits per heavy atom. The van der Waals surface area contributed by atoms with Crippen molar-refractivity contribution in [3.63, 3.8) is 0 Å². The summed E-state index contributed by atoms with van der Waals surface area (Å²) in [6, 6.07) is 13.0. The van der Waals surface area contributed by atoms with E-state index < -0.39 is 10.0 Å². The molecule has 0 fully saturated rings. The van der Waals surface area contributed by atoms with E-state index in [4.69, 9.17) is 0 Å². The fourth-order valence-electron chi connectivity index (χ4n) is 4.68. The van der Waals surface area contributed by atoms with E-state index in [0.29, 0.717) is 30.3 Å². The third kappa shape index (κ3) is 4.64. The zero-order valence-corrected chi connectivity index (χ0v) is 21.2. The first-order valence-electron chi connectivity index (χ1n) is 11.6. The Morgan fingerprint density at radius 2 is 1.94 bits per heavy atom. The first-order valence-corrected chi connectivity index (χ1v) is 13.5. The smallest absolute Gasteiger partial charge is 0.232 e. The zero-order valence-electron chi connectivity index (χ0n) is 20.4. The summed E-state index contributed by atoms with van der Waals surface area (Å²) >= 11 is 0. The van der Waals surface area contributed by atoms with Gasteiger partial charge in [0.15, 0.2) is 0 Å². The van der Waals surface area contributed by atoms with E-state index in [2.05, 4.69) is 25.6 Å². The summed E-state index contributed by atoms with van der Waals surface area (Å²) < 4.78 is 26.1. The summed E-state index contributed by atoms with van der Waals surface area (Å²) in [5.74, 6) is 0.415. The van der Waals surface area contributed by atoms with Crippen molar-refractivity contribution in [2.24, 2.45) is 0 Å². The average Bonchev–Trinajstić information content (AvgIpc) is 3.41. The Hall–Kier alpha value is -3.92. The molecule has 10 heteroatoms. The second kappa shape index (κ2) is 8.94. The monoisotopic (exact) mass is 504 g/mol. The molecule has 36 heavy (non-hydrogen) atoms. The minimum atomic E-state index is -3.43. The van der Waals surface area contributed by atoms with Gasteiger partial charge in [0.2, 0.25) is 15.9 Å². The van der Waals surface area contributed by atoms with Gasteiger partial charge in [0, 0.05) is 53.7 Å². The lowest BCUT2D eigenvalue weighted by molar-refractivity contribution is -0.115. The van der Waals surface area contributed by atoms with Crippen molar-refractivity contribution in [3.8, 4) is 0 Å². The second-order valence-electron chi connectivity index (χ2n) is 9.69. The SMILES string of the molecule is CC1(C)CN(S(C)(=O)=O)c2cc(NC(=O)Cc3cccnc3NCc3ccnc4[nH]ccc34)ccc21. The number of pyridine rings is 2. The molecule has 0 saturated carbocycles. The van der Waals surface area contributed by atoms with Crippen LogP contribution in [0.25, 0.3) is 11.0 Å². The summed E-state index contributed by atoms with van der Waals surface area (Å²) in [6.07, 6.45) is 6.61. The highest BCUT2D eigenvalue weighted by atomic mass is 32.2. The summed E-state index contributed by atoms with van der Waals surface area (Å²) in [7, 11) is -3.43. The quantitative estimate of drug-likeness (QED) is 0.352. The van der Waals surface area contributed by atoms with Crippen LogP contribution in [0.4, 0.5) is 17.2 Å². The van der Waals surface area contributed by atoms with E-state index in [-0.39, 0.29) is 17.7 Å². The van der Waals surface area contributed by atoms with Crippen LogP contribution in [-0.2, 0) is 33.2 Å². The highest BCUT2D eigenvalue weighted by Crippen LogP contribution is 2.43. The highest BCUT2D eigenvalue weighted by Gasteiger charge is 2.39. The van der Waals surface area contributed by atoms with Crippen LogP contribution in [0, 0.1) is 0 Å². The van der Waals surface area contributed by atoms with Crippen LogP contribution in [-0.4, -0.2) is 42.1 Å². The maximum absolute atomic E-state index is 12.9. The van der Waals surface area contributed by atoms with Gasteiger partial charge in [-0.15, -0.1) is 0 Å². The molecule has 3 aromatic heterocycles. The number of hydrogen-bond acceptors (Lipinski definition) is 6. The van der Waals surface area contributed by atoms with Crippen molar-refractivity contribution >= 4 is 44.2 Å². The molecule has 1 amide bonds. The van der Waals surface area contributed by atoms with E-state index in [1.54, 1.807) is 24.5 Å². The standard InChI is InChI=1S/C26H28N6O3S/c1-26(2)16-32(36(3,34)35)22-14-19(6-7-21(22)26)31-23(33)13-17-5-4-10-27-24(17)30-15-18-8-11-28-25-20(18)9-12-29-25/h4-12,14H,13,15-16H2,1-3H3,(H,27,30)(H,28,29)(H,31,33). The molecule has 4 aromatic rings. The Morgan fingerprint density at radius 3 is 2.75 bits per heavy atom. The lowest BCUT2D eigenvalue weighted by atomic mass is 9.87. The van der Waals surface area contributed by atoms with Gasteiger partial charge < -0.3 is 15.6 Å². The number of fused-ring (bicyclic) bond motifs is 2.